The Balaban J connectivity index is 1.49. The zero-order valence-corrected chi connectivity index (χ0v) is 16.8. The number of hydrogen-bond donors (Lipinski definition) is 0. The SMILES string of the molecule is CCCc1c(-c2ccc3c(c2)Cc2ccccc2-3)ccc2c1Cc1ccccc1-2. The van der Waals surface area contributed by atoms with Crippen molar-refractivity contribution in [1.82, 2.24) is 0 Å². The minimum absolute atomic E-state index is 1.05. The van der Waals surface area contributed by atoms with Crippen LogP contribution in [0.1, 0.15) is 41.2 Å². The molecule has 0 aliphatic heterocycles. The average molecular weight is 373 g/mol. The Bertz CT molecular complexity index is 1260. The molecule has 4 aromatic rings. The molecule has 2 aliphatic rings. The molecular weight excluding hydrogens is 348 g/mol. The van der Waals surface area contributed by atoms with E-state index in [1.165, 1.54) is 56.5 Å². The van der Waals surface area contributed by atoms with Gasteiger partial charge in [0.25, 0.3) is 0 Å². The van der Waals surface area contributed by atoms with Gasteiger partial charge >= 0.3 is 0 Å². The number of rotatable bonds is 3. The van der Waals surface area contributed by atoms with Crippen LogP contribution < -0.4 is 0 Å². The molecule has 0 saturated heterocycles. The highest BCUT2D eigenvalue weighted by Gasteiger charge is 2.24. The molecule has 0 heterocycles. The van der Waals surface area contributed by atoms with Gasteiger partial charge in [-0.3, -0.25) is 0 Å². The number of hydrogen-bond acceptors (Lipinski definition) is 0. The van der Waals surface area contributed by atoms with E-state index in [0.717, 1.165) is 19.3 Å². The normalized spacial score (nSPS) is 13.0. The highest BCUT2D eigenvalue weighted by Crippen LogP contribution is 2.44. The summed E-state index contributed by atoms with van der Waals surface area (Å²) in [6.45, 7) is 2.30. The van der Waals surface area contributed by atoms with Gasteiger partial charge < -0.3 is 0 Å². The van der Waals surface area contributed by atoms with Gasteiger partial charge in [0.2, 0.25) is 0 Å². The van der Waals surface area contributed by atoms with E-state index in [1.54, 1.807) is 11.1 Å². The van der Waals surface area contributed by atoms with Crippen molar-refractivity contribution >= 4 is 0 Å². The first-order chi connectivity index (χ1) is 14.3. The van der Waals surface area contributed by atoms with Crippen LogP contribution >= 0.6 is 0 Å². The third-order valence-electron chi connectivity index (χ3n) is 6.71. The van der Waals surface area contributed by atoms with Crippen LogP contribution in [0, 0.1) is 0 Å². The van der Waals surface area contributed by atoms with Crippen molar-refractivity contribution in [3.05, 3.63) is 107 Å². The highest BCUT2D eigenvalue weighted by molar-refractivity contribution is 5.85. The predicted molar refractivity (Wildman–Crippen MR) is 122 cm³/mol. The van der Waals surface area contributed by atoms with Gasteiger partial charge in [-0.25, -0.2) is 0 Å². The molecule has 6 rings (SSSR count). The van der Waals surface area contributed by atoms with E-state index in [1.807, 2.05) is 0 Å². The molecule has 0 N–H and O–H groups in total. The van der Waals surface area contributed by atoms with Gasteiger partial charge in [0.15, 0.2) is 0 Å². The van der Waals surface area contributed by atoms with Crippen molar-refractivity contribution < 1.29 is 0 Å². The molecule has 0 saturated carbocycles. The summed E-state index contributed by atoms with van der Waals surface area (Å²) >= 11 is 0. The van der Waals surface area contributed by atoms with Crippen LogP contribution in [0.4, 0.5) is 0 Å². The fraction of sp³-hybridized carbons (Fsp3) is 0.172. The van der Waals surface area contributed by atoms with Crippen LogP contribution in [0.3, 0.4) is 0 Å². The summed E-state index contributed by atoms with van der Waals surface area (Å²) in [5.41, 5.74) is 16.0. The highest BCUT2D eigenvalue weighted by atomic mass is 14.3. The maximum Gasteiger partial charge on any atom is -0.00105 e. The largest absolute Gasteiger partial charge is 0.0651 e. The topological polar surface area (TPSA) is 0 Å². The van der Waals surface area contributed by atoms with E-state index in [2.05, 4.69) is 85.8 Å². The van der Waals surface area contributed by atoms with Crippen molar-refractivity contribution in [2.75, 3.05) is 0 Å². The fourth-order valence-corrected chi connectivity index (χ4v) is 5.39. The maximum absolute atomic E-state index is 2.44. The second-order valence-electron chi connectivity index (χ2n) is 8.41. The Hall–Kier alpha value is -3.12. The van der Waals surface area contributed by atoms with Crippen LogP contribution in [0.15, 0.2) is 78.9 Å². The van der Waals surface area contributed by atoms with Gasteiger partial charge in [0, 0.05) is 0 Å². The van der Waals surface area contributed by atoms with Gasteiger partial charge in [0.1, 0.15) is 0 Å². The lowest BCUT2D eigenvalue weighted by Gasteiger charge is -2.16. The Kier molecular flexibility index (Phi) is 3.74. The zero-order chi connectivity index (χ0) is 19.4. The van der Waals surface area contributed by atoms with Gasteiger partial charge in [0.05, 0.1) is 0 Å². The lowest BCUT2D eigenvalue weighted by atomic mass is 9.88. The van der Waals surface area contributed by atoms with E-state index >= 15 is 0 Å². The van der Waals surface area contributed by atoms with Crippen LogP contribution in [0.2, 0.25) is 0 Å². The Labute approximate surface area is 172 Å². The van der Waals surface area contributed by atoms with Crippen LogP contribution in [0.25, 0.3) is 33.4 Å². The summed E-state index contributed by atoms with van der Waals surface area (Å²) in [6.07, 6.45) is 4.45. The summed E-state index contributed by atoms with van der Waals surface area (Å²) < 4.78 is 0. The van der Waals surface area contributed by atoms with E-state index in [4.69, 9.17) is 0 Å². The third-order valence-corrected chi connectivity index (χ3v) is 6.71. The van der Waals surface area contributed by atoms with E-state index in [-0.39, 0.29) is 0 Å². The average Bonchev–Trinajstić information content (AvgIpc) is 3.32. The monoisotopic (exact) mass is 372 g/mol. The van der Waals surface area contributed by atoms with Crippen molar-refractivity contribution in [2.45, 2.75) is 32.6 Å². The fourth-order valence-electron chi connectivity index (χ4n) is 5.39. The van der Waals surface area contributed by atoms with E-state index < -0.39 is 0 Å². The molecule has 140 valence electrons. The van der Waals surface area contributed by atoms with E-state index in [9.17, 15) is 0 Å². The Morgan fingerprint density at radius 1 is 0.586 bits per heavy atom. The van der Waals surface area contributed by atoms with Crippen molar-refractivity contribution in [1.29, 1.82) is 0 Å². The molecular formula is C29H24. The first-order valence-electron chi connectivity index (χ1n) is 10.8. The molecule has 0 heteroatoms. The molecule has 0 fully saturated rings. The lowest BCUT2D eigenvalue weighted by molar-refractivity contribution is 0.910. The second-order valence-corrected chi connectivity index (χ2v) is 8.41. The van der Waals surface area contributed by atoms with Crippen LogP contribution in [0.5, 0.6) is 0 Å². The lowest BCUT2D eigenvalue weighted by Crippen LogP contribution is -1.97. The molecule has 0 nitrogen and oxygen atoms in total. The summed E-state index contributed by atoms with van der Waals surface area (Å²) in [4.78, 5) is 0. The molecule has 0 amide bonds. The molecule has 4 aromatic carbocycles. The molecule has 29 heavy (non-hydrogen) atoms. The smallest absolute Gasteiger partial charge is 0.00105 e. The molecule has 0 unspecified atom stereocenters. The Morgan fingerprint density at radius 3 is 2.00 bits per heavy atom. The molecule has 0 aromatic heterocycles. The van der Waals surface area contributed by atoms with Gasteiger partial charge in [-0.15, -0.1) is 0 Å². The quantitative estimate of drug-likeness (QED) is 0.303. The van der Waals surface area contributed by atoms with Gasteiger partial charge in [-0.05, 0) is 80.5 Å². The minimum Gasteiger partial charge on any atom is -0.0651 e. The second kappa shape index (κ2) is 6.46. The Morgan fingerprint density at radius 2 is 1.21 bits per heavy atom. The maximum atomic E-state index is 2.44. The summed E-state index contributed by atoms with van der Waals surface area (Å²) in [7, 11) is 0. The summed E-state index contributed by atoms with van der Waals surface area (Å²) in [5, 5.41) is 0. The van der Waals surface area contributed by atoms with Crippen LogP contribution in [-0.2, 0) is 19.3 Å². The number of benzene rings is 4. The van der Waals surface area contributed by atoms with Crippen LogP contribution in [-0.4, -0.2) is 0 Å². The van der Waals surface area contributed by atoms with Gasteiger partial charge in [-0.2, -0.15) is 0 Å². The molecule has 2 aliphatic carbocycles. The first kappa shape index (κ1) is 16.8. The number of fused-ring (bicyclic) bond motifs is 6. The van der Waals surface area contributed by atoms with Crippen molar-refractivity contribution in [3.63, 3.8) is 0 Å². The van der Waals surface area contributed by atoms with Gasteiger partial charge in [-0.1, -0.05) is 92.2 Å². The summed E-state index contributed by atoms with van der Waals surface area (Å²) in [5.74, 6) is 0. The molecule has 0 atom stereocenters. The molecule has 0 spiro atoms. The first-order valence-corrected chi connectivity index (χ1v) is 10.8. The molecule has 0 radical (unpaired) electrons. The van der Waals surface area contributed by atoms with Crippen molar-refractivity contribution in [3.8, 4) is 33.4 Å². The minimum atomic E-state index is 1.05. The standard InChI is InChI=1S/C29H24/c1-2-7-27-25(14-15-28-24-11-6-4-9-20(24)18-29(27)28)21-12-13-26-22(17-21)16-19-8-3-5-10-23(19)26/h3-6,8-15,17H,2,7,16,18H2,1H3. The third kappa shape index (κ3) is 2.52. The van der Waals surface area contributed by atoms with E-state index in [0.29, 0.717) is 0 Å². The predicted octanol–water partition coefficient (Wildman–Crippen LogP) is 7.45. The summed E-state index contributed by atoms with van der Waals surface area (Å²) in [6, 6.07) is 29.6. The van der Waals surface area contributed by atoms with Crippen molar-refractivity contribution in [2.24, 2.45) is 0 Å². The zero-order valence-electron chi connectivity index (χ0n) is 16.8. The molecule has 0 bridgehead atoms.